The van der Waals surface area contributed by atoms with Gasteiger partial charge in [0.1, 0.15) is 0 Å². The molecule has 0 aliphatic rings. The Labute approximate surface area is 64.8 Å². The number of hydrogen-bond donors (Lipinski definition) is 0. The fourth-order valence-corrected chi connectivity index (χ4v) is 1.77. The van der Waals surface area contributed by atoms with Crippen molar-refractivity contribution in [1.82, 2.24) is 0 Å². The Morgan fingerprint density at radius 1 is 1.10 bits per heavy atom. The summed E-state index contributed by atoms with van der Waals surface area (Å²) in [7, 11) is -0.620. The van der Waals surface area contributed by atoms with Crippen LogP contribution in [0.4, 0.5) is 0 Å². The van der Waals surface area contributed by atoms with Gasteiger partial charge in [-0.3, -0.25) is 0 Å². The van der Waals surface area contributed by atoms with Crippen LogP contribution in [0, 0.1) is 0 Å². The Morgan fingerprint density at radius 3 is 1.70 bits per heavy atom. The fourth-order valence-electron chi connectivity index (χ4n) is 0.590. The molecule has 0 saturated heterocycles. The maximum absolute atomic E-state index is 5.39. The molecule has 0 aliphatic heterocycles. The van der Waals surface area contributed by atoms with E-state index < -0.39 is 8.38 Å². The van der Waals surface area contributed by atoms with E-state index in [1.807, 2.05) is 13.8 Å². The molecule has 0 atom stereocenters. The van der Waals surface area contributed by atoms with Gasteiger partial charge in [-0.15, -0.1) is 0 Å². The molecule has 0 aromatic heterocycles. The van der Waals surface area contributed by atoms with Crippen molar-refractivity contribution >= 4 is 8.38 Å². The largest absolute Gasteiger partial charge is 0.334 e. The van der Waals surface area contributed by atoms with Crippen LogP contribution in [0.25, 0.3) is 0 Å². The summed E-state index contributed by atoms with van der Waals surface area (Å²) in [6.07, 6.45) is 0. The van der Waals surface area contributed by atoms with Crippen molar-refractivity contribution in [3.8, 4) is 0 Å². The number of rotatable bonds is 5. The van der Waals surface area contributed by atoms with Gasteiger partial charge >= 0.3 is 0 Å². The summed E-state index contributed by atoms with van der Waals surface area (Å²) in [5, 5.41) is 0. The standard InChI is InChI=1S/C7H17O2P/c1-5-8-10(7(3)4)9-6-2/h7H,5-6H2,1-4H3. The third-order valence-corrected chi connectivity index (χ3v) is 2.80. The normalized spacial score (nSPS) is 11.4. The first-order chi connectivity index (χ1) is 4.72. The lowest BCUT2D eigenvalue weighted by Gasteiger charge is -2.18. The molecular weight excluding hydrogens is 147 g/mol. The Kier molecular flexibility index (Phi) is 6.30. The van der Waals surface area contributed by atoms with Gasteiger partial charge in [0.2, 0.25) is 0 Å². The van der Waals surface area contributed by atoms with E-state index in [1.54, 1.807) is 0 Å². The van der Waals surface area contributed by atoms with E-state index in [0.29, 0.717) is 5.66 Å². The van der Waals surface area contributed by atoms with Crippen LogP contribution in [0.5, 0.6) is 0 Å². The van der Waals surface area contributed by atoms with Gasteiger partial charge in [-0.2, -0.15) is 0 Å². The molecule has 3 heteroatoms. The molecule has 0 radical (unpaired) electrons. The zero-order valence-corrected chi connectivity index (χ0v) is 8.15. The van der Waals surface area contributed by atoms with Gasteiger partial charge in [0.05, 0.1) is 13.2 Å². The summed E-state index contributed by atoms with van der Waals surface area (Å²) in [6.45, 7) is 9.75. The summed E-state index contributed by atoms with van der Waals surface area (Å²) < 4.78 is 10.8. The SMILES string of the molecule is CCOP(OCC)C(C)C. The van der Waals surface area contributed by atoms with Gasteiger partial charge < -0.3 is 9.05 Å². The lowest BCUT2D eigenvalue weighted by atomic mass is 10.6. The molecule has 0 unspecified atom stereocenters. The zero-order chi connectivity index (χ0) is 7.98. The second-order valence-electron chi connectivity index (χ2n) is 2.21. The zero-order valence-electron chi connectivity index (χ0n) is 7.26. The average Bonchev–Trinajstić information content (AvgIpc) is 1.87. The summed E-state index contributed by atoms with van der Waals surface area (Å²) >= 11 is 0. The molecular formula is C7H17O2P. The monoisotopic (exact) mass is 164 g/mol. The summed E-state index contributed by atoms with van der Waals surface area (Å²) in [6, 6.07) is 0. The van der Waals surface area contributed by atoms with Crippen molar-refractivity contribution in [2.45, 2.75) is 33.4 Å². The minimum Gasteiger partial charge on any atom is -0.334 e. The van der Waals surface area contributed by atoms with Crippen molar-refractivity contribution < 1.29 is 9.05 Å². The quantitative estimate of drug-likeness (QED) is 0.581. The van der Waals surface area contributed by atoms with E-state index in [-0.39, 0.29) is 0 Å². The molecule has 0 heterocycles. The smallest absolute Gasteiger partial charge is 0.173 e. The van der Waals surface area contributed by atoms with E-state index in [1.165, 1.54) is 0 Å². The van der Waals surface area contributed by atoms with Crippen LogP contribution in [-0.2, 0) is 9.05 Å². The van der Waals surface area contributed by atoms with Crippen molar-refractivity contribution in [3.05, 3.63) is 0 Å². The Morgan fingerprint density at radius 2 is 1.50 bits per heavy atom. The van der Waals surface area contributed by atoms with Gasteiger partial charge in [0.25, 0.3) is 0 Å². The number of hydrogen-bond acceptors (Lipinski definition) is 2. The van der Waals surface area contributed by atoms with E-state index in [2.05, 4.69) is 13.8 Å². The van der Waals surface area contributed by atoms with Gasteiger partial charge in [-0.1, -0.05) is 13.8 Å². The highest BCUT2D eigenvalue weighted by molar-refractivity contribution is 7.48. The molecule has 10 heavy (non-hydrogen) atoms. The van der Waals surface area contributed by atoms with E-state index in [9.17, 15) is 0 Å². The highest BCUT2D eigenvalue weighted by Crippen LogP contribution is 2.42. The van der Waals surface area contributed by atoms with E-state index in [4.69, 9.17) is 9.05 Å². The van der Waals surface area contributed by atoms with Crippen LogP contribution in [0.2, 0.25) is 0 Å². The molecule has 0 fully saturated rings. The van der Waals surface area contributed by atoms with Crippen LogP contribution >= 0.6 is 8.38 Å². The van der Waals surface area contributed by atoms with Gasteiger partial charge in [-0.25, -0.2) is 0 Å². The topological polar surface area (TPSA) is 18.5 Å². The first-order valence-corrected chi connectivity index (χ1v) is 5.02. The van der Waals surface area contributed by atoms with Crippen molar-refractivity contribution in [3.63, 3.8) is 0 Å². The molecule has 62 valence electrons. The Balaban J connectivity index is 3.50. The first-order valence-electron chi connectivity index (χ1n) is 3.77. The summed E-state index contributed by atoms with van der Waals surface area (Å²) in [4.78, 5) is 0. The molecule has 0 bridgehead atoms. The van der Waals surface area contributed by atoms with Crippen LogP contribution in [0.3, 0.4) is 0 Å². The molecule has 0 aromatic rings. The molecule has 0 amide bonds. The van der Waals surface area contributed by atoms with Gasteiger partial charge in [0, 0.05) is 5.66 Å². The van der Waals surface area contributed by atoms with Crippen molar-refractivity contribution in [2.24, 2.45) is 0 Å². The molecule has 0 aliphatic carbocycles. The lowest BCUT2D eigenvalue weighted by molar-refractivity contribution is 0.264. The summed E-state index contributed by atoms with van der Waals surface area (Å²) in [5.41, 5.74) is 0.509. The molecule has 0 spiro atoms. The average molecular weight is 164 g/mol. The summed E-state index contributed by atoms with van der Waals surface area (Å²) in [5.74, 6) is 0. The fraction of sp³-hybridized carbons (Fsp3) is 1.00. The molecule has 0 aromatic carbocycles. The van der Waals surface area contributed by atoms with Crippen LogP contribution in [0.1, 0.15) is 27.7 Å². The molecule has 0 rings (SSSR count). The van der Waals surface area contributed by atoms with Crippen LogP contribution in [0.15, 0.2) is 0 Å². The van der Waals surface area contributed by atoms with E-state index >= 15 is 0 Å². The predicted molar refractivity (Wildman–Crippen MR) is 45.3 cm³/mol. The minimum atomic E-state index is -0.620. The lowest BCUT2D eigenvalue weighted by Crippen LogP contribution is -2.00. The van der Waals surface area contributed by atoms with Gasteiger partial charge in [0.15, 0.2) is 8.38 Å². The Hall–Kier alpha value is 0.350. The molecule has 2 nitrogen and oxygen atoms in total. The highest BCUT2D eigenvalue weighted by Gasteiger charge is 2.12. The molecule has 0 saturated carbocycles. The second-order valence-corrected chi connectivity index (χ2v) is 4.33. The third kappa shape index (κ3) is 4.21. The Bertz CT molecular complexity index is 70.0. The minimum absolute atomic E-state index is 0.509. The van der Waals surface area contributed by atoms with Gasteiger partial charge in [-0.05, 0) is 13.8 Å². The van der Waals surface area contributed by atoms with Crippen molar-refractivity contribution in [1.29, 1.82) is 0 Å². The molecule has 0 N–H and O–H groups in total. The second kappa shape index (κ2) is 6.09. The maximum Gasteiger partial charge on any atom is 0.173 e. The highest BCUT2D eigenvalue weighted by atomic mass is 31.2. The first kappa shape index (κ1) is 10.3. The maximum atomic E-state index is 5.39. The van der Waals surface area contributed by atoms with Crippen LogP contribution < -0.4 is 0 Å². The van der Waals surface area contributed by atoms with Crippen LogP contribution in [-0.4, -0.2) is 18.9 Å². The predicted octanol–water partition coefficient (Wildman–Crippen LogP) is 2.78. The third-order valence-electron chi connectivity index (χ3n) is 0.934. The van der Waals surface area contributed by atoms with E-state index in [0.717, 1.165) is 13.2 Å². The van der Waals surface area contributed by atoms with Crippen molar-refractivity contribution in [2.75, 3.05) is 13.2 Å².